The standard InChI is InChI=1S/C20H16ClNO3S2/c1-27(24,25)19-9-5-2-6-16(19)20(23)22-14-10-12-15(13-11-14)26-18-8-4-3-7-17(18)21/h2-13H,1H3,(H,22,23). The van der Waals surface area contributed by atoms with Crippen molar-refractivity contribution in [3.63, 3.8) is 0 Å². The lowest BCUT2D eigenvalue weighted by molar-refractivity contribution is 0.102. The van der Waals surface area contributed by atoms with Crippen LogP contribution in [0.1, 0.15) is 10.4 Å². The van der Waals surface area contributed by atoms with Gasteiger partial charge in [-0.05, 0) is 48.5 Å². The Hall–Kier alpha value is -2.28. The third kappa shape index (κ3) is 4.91. The highest BCUT2D eigenvalue weighted by Gasteiger charge is 2.18. The highest BCUT2D eigenvalue weighted by atomic mass is 35.5. The van der Waals surface area contributed by atoms with Gasteiger partial charge in [-0.3, -0.25) is 4.79 Å². The van der Waals surface area contributed by atoms with Crippen LogP contribution in [0.25, 0.3) is 0 Å². The Morgan fingerprint density at radius 2 is 1.56 bits per heavy atom. The molecule has 0 spiro atoms. The maximum Gasteiger partial charge on any atom is 0.256 e. The summed E-state index contributed by atoms with van der Waals surface area (Å²) in [5.41, 5.74) is 0.696. The molecule has 0 bridgehead atoms. The second kappa shape index (κ2) is 8.17. The molecule has 27 heavy (non-hydrogen) atoms. The minimum Gasteiger partial charge on any atom is -0.322 e. The smallest absolute Gasteiger partial charge is 0.256 e. The summed E-state index contributed by atoms with van der Waals surface area (Å²) in [5, 5.41) is 3.41. The Labute approximate surface area is 167 Å². The summed E-state index contributed by atoms with van der Waals surface area (Å²) in [6.07, 6.45) is 1.08. The van der Waals surface area contributed by atoms with Crippen molar-refractivity contribution < 1.29 is 13.2 Å². The van der Waals surface area contributed by atoms with Gasteiger partial charge in [-0.15, -0.1) is 0 Å². The molecular weight excluding hydrogens is 402 g/mol. The molecule has 0 heterocycles. The molecule has 0 aliphatic rings. The molecule has 0 fully saturated rings. The number of rotatable bonds is 5. The van der Waals surface area contributed by atoms with Gasteiger partial charge >= 0.3 is 0 Å². The van der Waals surface area contributed by atoms with Crippen molar-refractivity contribution in [2.45, 2.75) is 14.7 Å². The minimum atomic E-state index is -3.49. The molecule has 0 unspecified atom stereocenters. The predicted octanol–water partition coefficient (Wildman–Crippen LogP) is 5.15. The van der Waals surface area contributed by atoms with Gasteiger partial charge in [0.15, 0.2) is 9.84 Å². The maximum atomic E-state index is 12.5. The van der Waals surface area contributed by atoms with Gasteiger partial charge in [-0.1, -0.05) is 47.6 Å². The van der Waals surface area contributed by atoms with Gasteiger partial charge in [-0.25, -0.2) is 8.42 Å². The third-order valence-electron chi connectivity index (χ3n) is 3.71. The van der Waals surface area contributed by atoms with E-state index in [1.54, 1.807) is 24.3 Å². The second-order valence-corrected chi connectivity index (χ2v) is 9.29. The van der Waals surface area contributed by atoms with Crippen molar-refractivity contribution in [1.29, 1.82) is 0 Å². The number of carbonyl (C=O) groups is 1. The van der Waals surface area contributed by atoms with Crippen LogP contribution in [0.15, 0.2) is 87.5 Å². The van der Waals surface area contributed by atoms with Crippen LogP contribution < -0.4 is 5.32 Å². The van der Waals surface area contributed by atoms with Gasteiger partial charge in [0.25, 0.3) is 5.91 Å². The van der Waals surface area contributed by atoms with E-state index in [9.17, 15) is 13.2 Å². The number of hydrogen-bond donors (Lipinski definition) is 1. The first-order chi connectivity index (χ1) is 12.8. The molecule has 0 atom stereocenters. The van der Waals surface area contributed by atoms with Crippen LogP contribution >= 0.6 is 23.4 Å². The summed E-state index contributed by atoms with van der Waals surface area (Å²) in [7, 11) is -3.49. The Bertz CT molecular complexity index is 1080. The fraction of sp³-hybridized carbons (Fsp3) is 0.0500. The molecule has 138 valence electrons. The fourth-order valence-corrected chi connectivity index (χ4v) is 4.41. The molecule has 3 rings (SSSR count). The molecule has 7 heteroatoms. The lowest BCUT2D eigenvalue weighted by Gasteiger charge is -2.10. The van der Waals surface area contributed by atoms with Crippen molar-refractivity contribution in [3.8, 4) is 0 Å². The summed E-state index contributed by atoms with van der Waals surface area (Å²) in [6.45, 7) is 0. The molecule has 0 aliphatic heterocycles. The number of benzene rings is 3. The zero-order valence-electron chi connectivity index (χ0n) is 14.3. The van der Waals surface area contributed by atoms with Gasteiger partial charge in [0.2, 0.25) is 0 Å². The molecule has 0 radical (unpaired) electrons. The number of nitrogens with one attached hydrogen (secondary N) is 1. The molecule has 3 aromatic rings. The molecule has 0 saturated heterocycles. The van der Waals surface area contributed by atoms with Crippen molar-refractivity contribution in [2.24, 2.45) is 0 Å². The number of carbonyl (C=O) groups excluding carboxylic acids is 1. The zero-order chi connectivity index (χ0) is 19.4. The average molecular weight is 418 g/mol. The van der Waals surface area contributed by atoms with E-state index < -0.39 is 15.7 Å². The molecular formula is C20H16ClNO3S2. The number of hydrogen-bond acceptors (Lipinski definition) is 4. The summed E-state index contributed by atoms with van der Waals surface area (Å²) in [4.78, 5) is 14.4. The molecule has 0 aromatic heterocycles. The van der Waals surface area contributed by atoms with E-state index in [-0.39, 0.29) is 10.5 Å². The Morgan fingerprint density at radius 3 is 2.22 bits per heavy atom. The van der Waals surface area contributed by atoms with E-state index in [0.29, 0.717) is 10.7 Å². The second-order valence-electron chi connectivity index (χ2n) is 5.78. The molecule has 1 N–H and O–H groups in total. The van der Waals surface area contributed by atoms with E-state index in [2.05, 4.69) is 5.32 Å². The largest absolute Gasteiger partial charge is 0.322 e. The minimum absolute atomic E-state index is 0.00777. The summed E-state index contributed by atoms with van der Waals surface area (Å²) in [5.74, 6) is -0.470. The lowest BCUT2D eigenvalue weighted by atomic mass is 10.2. The van der Waals surface area contributed by atoms with E-state index in [1.807, 2.05) is 36.4 Å². The van der Waals surface area contributed by atoms with Crippen molar-refractivity contribution in [2.75, 3.05) is 11.6 Å². The van der Waals surface area contributed by atoms with Crippen molar-refractivity contribution in [1.82, 2.24) is 0 Å². The van der Waals surface area contributed by atoms with Crippen LogP contribution in [0.3, 0.4) is 0 Å². The van der Waals surface area contributed by atoms with Crippen LogP contribution in [0.2, 0.25) is 5.02 Å². The predicted molar refractivity (Wildman–Crippen MR) is 110 cm³/mol. The SMILES string of the molecule is CS(=O)(=O)c1ccccc1C(=O)Nc1ccc(Sc2ccccc2Cl)cc1. The molecule has 0 aliphatic carbocycles. The van der Waals surface area contributed by atoms with Crippen molar-refractivity contribution >= 4 is 44.8 Å². The molecule has 3 aromatic carbocycles. The number of amides is 1. The monoisotopic (exact) mass is 417 g/mol. The highest BCUT2D eigenvalue weighted by Crippen LogP contribution is 2.33. The van der Waals surface area contributed by atoms with Gasteiger partial charge in [0.05, 0.1) is 15.5 Å². The van der Waals surface area contributed by atoms with E-state index in [4.69, 9.17) is 11.6 Å². The average Bonchev–Trinajstić information content (AvgIpc) is 2.64. The molecule has 0 saturated carbocycles. The first kappa shape index (κ1) is 19.5. The highest BCUT2D eigenvalue weighted by molar-refractivity contribution is 7.99. The van der Waals surface area contributed by atoms with Gasteiger partial charge in [0.1, 0.15) is 0 Å². The van der Waals surface area contributed by atoms with Gasteiger partial charge in [0, 0.05) is 21.7 Å². The first-order valence-electron chi connectivity index (χ1n) is 7.97. The quantitative estimate of drug-likeness (QED) is 0.623. The van der Waals surface area contributed by atoms with E-state index in [0.717, 1.165) is 16.0 Å². The van der Waals surface area contributed by atoms with Crippen LogP contribution in [-0.2, 0) is 9.84 Å². The number of anilines is 1. The Kier molecular flexibility index (Phi) is 5.89. The normalized spacial score (nSPS) is 11.2. The molecule has 4 nitrogen and oxygen atoms in total. The summed E-state index contributed by atoms with van der Waals surface area (Å²) < 4.78 is 23.7. The van der Waals surface area contributed by atoms with Crippen LogP contribution in [0, 0.1) is 0 Å². The lowest BCUT2D eigenvalue weighted by Crippen LogP contribution is -2.15. The van der Waals surface area contributed by atoms with E-state index in [1.165, 1.54) is 23.9 Å². The van der Waals surface area contributed by atoms with Crippen LogP contribution in [-0.4, -0.2) is 20.6 Å². The maximum absolute atomic E-state index is 12.5. The van der Waals surface area contributed by atoms with Crippen molar-refractivity contribution in [3.05, 3.63) is 83.4 Å². The topological polar surface area (TPSA) is 63.2 Å². The van der Waals surface area contributed by atoms with Crippen LogP contribution in [0.5, 0.6) is 0 Å². The number of halogens is 1. The summed E-state index contributed by atoms with van der Waals surface area (Å²) >= 11 is 7.69. The summed E-state index contributed by atoms with van der Waals surface area (Å²) in [6, 6.07) is 21.0. The Balaban J connectivity index is 1.76. The molecule has 1 amide bonds. The fourth-order valence-electron chi connectivity index (χ4n) is 2.44. The first-order valence-corrected chi connectivity index (χ1v) is 11.1. The van der Waals surface area contributed by atoms with Crippen LogP contribution in [0.4, 0.5) is 5.69 Å². The zero-order valence-corrected chi connectivity index (χ0v) is 16.7. The third-order valence-corrected chi connectivity index (χ3v) is 6.39. The van der Waals surface area contributed by atoms with E-state index >= 15 is 0 Å². The number of sulfone groups is 1. The van der Waals surface area contributed by atoms with Gasteiger partial charge in [-0.2, -0.15) is 0 Å². The Morgan fingerprint density at radius 1 is 0.926 bits per heavy atom. The van der Waals surface area contributed by atoms with Gasteiger partial charge < -0.3 is 5.32 Å².